The highest BCUT2D eigenvalue weighted by atomic mass is 16.4. The van der Waals surface area contributed by atoms with Gasteiger partial charge in [-0.05, 0) is 19.1 Å². The van der Waals surface area contributed by atoms with Crippen LogP contribution in [0.1, 0.15) is 12.2 Å². The summed E-state index contributed by atoms with van der Waals surface area (Å²) in [6.07, 6.45) is 0.304. The molecule has 2 aromatic heterocycles. The van der Waals surface area contributed by atoms with Gasteiger partial charge in [-0.25, -0.2) is 14.8 Å². The normalized spacial score (nSPS) is 24.0. The van der Waals surface area contributed by atoms with Crippen LogP contribution in [0.3, 0.4) is 0 Å². The summed E-state index contributed by atoms with van der Waals surface area (Å²) in [6.45, 7) is 2.78. The molecule has 2 fully saturated rings. The van der Waals surface area contributed by atoms with Gasteiger partial charge in [0.1, 0.15) is 23.0 Å². The Morgan fingerprint density at radius 3 is 2.86 bits per heavy atom. The SMILES string of the molecule is Cc1nc(N2C[C@@H](NC(=O)[C@H]3CN3)C[C@H]2C(=O)O)c2oc3ccccc3c2n1. The second-order valence-electron chi connectivity index (χ2n) is 7.28. The van der Waals surface area contributed by atoms with E-state index in [2.05, 4.69) is 20.6 Å². The molecule has 0 spiro atoms. The van der Waals surface area contributed by atoms with Gasteiger partial charge in [0.2, 0.25) is 5.91 Å². The number of amides is 1. The molecule has 4 heterocycles. The maximum atomic E-state index is 12.1. The van der Waals surface area contributed by atoms with Crippen LogP contribution < -0.4 is 15.5 Å². The zero-order chi connectivity index (χ0) is 19.4. The topological polar surface area (TPSA) is 130 Å². The quantitative estimate of drug-likeness (QED) is 0.566. The molecule has 2 saturated heterocycles. The fourth-order valence-corrected chi connectivity index (χ4v) is 3.83. The molecule has 2 aliphatic heterocycles. The first-order chi connectivity index (χ1) is 13.5. The third-order valence-electron chi connectivity index (χ3n) is 5.24. The number of aliphatic carboxylic acids is 1. The number of anilines is 1. The predicted octanol–water partition coefficient (Wildman–Crippen LogP) is 0.804. The van der Waals surface area contributed by atoms with Gasteiger partial charge >= 0.3 is 5.97 Å². The highest BCUT2D eigenvalue weighted by molar-refractivity contribution is 6.06. The standard InChI is InChI=1S/C19H19N5O4/c1-9-21-15-11-4-2-3-5-14(11)28-16(15)17(22-9)24-8-10(6-13(24)19(26)27)23-18(25)12-7-20-12/h2-5,10,12-13,20H,6-8H2,1H3,(H,23,25)(H,26,27)/t10-,12+,13-/m0/s1. The molecule has 0 bridgehead atoms. The van der Waals surface area contributed by atoms with E-state index in [4.69, 9.17) is 4.42 Å². The first-order valence-electron chi connectivity index (χ1n) is 9.20. The molecule has 5 rings (SSSR count). The smallest absolute Gasteiger partial charge is 0.326 e. The Bertz CT molecular complexity index is 1110. The van der Waals surface area contributed by atoms with E-state index in [1.54, 1.807) is 11.8 Å². The summed E-state index contributed by atoms with van der Waals surface area (Å²) < 4.78 is 5.99. The number of aryl methyl sites for hydroxylation is 1. The molecule has 3 aromatic rings. The van der Waals surface area contributed by atoms with Crippen LogP contribution in [-0.4, -0.2) is 58.2 Å². The zero-order valence-corrected chi connectivity index (χ0v) is 15.2. The number of hydrogen-bond acceptors (Lipinski definition) is 7. The van der Waals surface area contributed by atoms with Crippen molar-refractivity contribution in [3.63, 3.8) is 0 Å². The molecule has 0 saturated carbocycles. The van der Waals surface area contributed by atoms with E-state index >= 15 is 0 Å². The molecule has 1 amide bonds. The van der Waals surface area contributed by atoms with E-state index < -0.39 is 12.0 Å². The number of carbonyl (C=O) groups excluding carboxylic acids is 1. The maximum absolute atomic E-state index is 12.1. The first kappa shape index (κ1) is 16.9. The van der Waals surface area contributed by atoms with E-state index in [1.165, 1.54) is 0 Å². The minimum Gasteiger partial charge on any atom is -0.480 e. The van der Waals surface area contributed by atoms with Crippen LogP contribution in [0.4, 0.5) is 5.82 Å². The highest BCUT2D eigenvalue weighted by Crippen LogP contribution is 2.35. The summed E-state index contributed by atoms with van der Waals surface area (Å²) in [5.74, 6) is -0.0641. The summed E-state index contributed by atoms with van der Waals surface area (Å²) in [7, 11) is 0. The molecule has 0 unspecified atom stereocenters. The van der Waals surface area contributed by atoms with Crippen LogP contribution >= 0.6 is 0 Å². The van der Waals surface area contributed by atoms with Crippen molar-refractivity contribution in [1.29, 1.82) is 0 Å². The molecule has 2 aliphatic rings. The number of benzene rings is 1. The Kier molecular flexibility index (Phi) is 3.73. The molecular weight excluding hydrogens is 362 g/mol. The average molecular weight is 381 g/mol. The first-order valence-corrected chi connectivity index (χ1v) is 9.20. The monoisotopic (exact) mass is 381 g/mol. The Hall–Kier alpha value is -3.20. The number of carboxylic acids is 1. The number of rotatable bonds is 4. The largest absolute Gasteiger partial charge is 0.480 e. The predicted molar refractivity (Wildman–Crippen MR) is 101 cm³/mol. The molecule has 1 aromatic carbocycles. The molecule has 3 atom stereocenters. The fourth-order valence-electron chi connectivity index (χ4n) is 3.83. The van der Waals surface area contributed by atoms with Gasteiger partial charge in [0.15, 0.2) is 11.4 Å². The summed E-state index contributed by atoms with van der Waals surface area (Å²) in [4.78, 5) is 34.7. The average Bonchev–Trinajstić information content (AvgIpc) is 3.34. The molecule has 28 heavy (non-hydrogen) atoms. The molecule has 9 heteroatoms. The van der Waals surface area contributed by atoms with Crippen LogP contribution in [0.25, 0.3) is 22.1 Å². The summed E-state index contributed by atoms with van der Waals surface area (Å²) in [6, 6.07) is 6.30. The van der Waals surface area contributed by atoms with E-state index in [0.717, 1.165) is 5.39 Å². The lowest BCUT2D eigenvalue weighted by Crippen LogP contribution is -2.40. The molecular formula is C19H19N5O4. The number of aromatic nitrogens is 2. The van der Waals surface area contributed by atoms with Crippen LogP contribution in [-0.2, 0) is 9.59 Å². The van der Waals surface area contributed by atoms with Gasteiger partial charge in [-0.3, -0.25) is 4.79 Å². The number of hydrogen-bond donors (Lipinski definition) is 3. The van der Waals surface area contributed by atoms with E-state index in [1.807, 2.05) is 24.3 Å². The van der Waals surface area contributed by atoms with Crippen molar-refractivity contribution in [2.75, 3.05) is 18.0 Å². The second-order valence-corrected chi connectivity index (χ2v) is 7.28. The molecule has 0 radical (unpaired) electrons. The van der Waals surface area contributed by atoms with Gasteiger partial charge in [0.25, 0.3) is 0 Å². The fraction of sp³-hybridized carbons (Fsp3) is 0.368. The number of nitrogens with one attached hydrogen (secondary N) is 2. The summed E-state index contributed by atoms with van der Waals surface area (Å²) in [5, 5.41) is 16.5. The summed E-state index contributed by atoms with van der Waals surface area (Å²) in [5.41, 5.74) is 1.81. The summed E-state index contributed by atoms with van der Waals surface area (Å²) >= 11 is 0. The van der Waals surface area contributed by atoms with Crippen LogP contribution in [0, 0.1) is 6.92 Å². The lowest BCUT2D eigenvalue weighted by molar-refractivity contribution is -0.138. The van der Waals surface area contributed by atoms with Gasteiger partial charge in [-0.2, -0.15) is 0 Å². The van der Waals surface area contributed by atoms with Crippen molar-refractivity contribution >= 4 is 39.8 Å². The van der Waals surface area contributed by atoms with Gasteiger partial charge in [0.05, 0.1) is 6.04 Å². The number of furan rings is 1. The van der Waals surface area contributed by atoms with E-state index in [-0.39, 0.29) is 18.0 Å². The third kappa shape index (κ3) is 2.75. The molecule has 144 valence electrons. The zero-order valence-electron chi connectivity index (χ0n) is 15.2. The van der Waals surface area contributed by atoms with Crippen molar-refractivity contribution in [3.8, 4) is 0 Å². The number of carbonyl (C=O) groups is 2. The van der Waals surface area contributed by atoms with Crippen LogP contribution in [0.5, 0.6) is 0 Å². The minimum atomic E-state index is -0.957. The maximum Gasteiger partial charge on any atom is 0.326 e. The van der Waals surface area contributed by atoms with Crippen molar-refractivity contribution in [3.05, 3.63) is 30.1 Å². The van der Waals surface area contributed by atoms with E-state index in [0.29, 0.717) is 47.8 Å². The Balaban J connectivity index is 1.57. The highest BCUT2D eigenvalue weighted by Gasteiger charge is 2.41. The molecule has 3 N–H and O–H groups in total. The molecule has 0 aliphatic carbocycles. The number of nitrogens with zero attached hydrogens (tertiary/aromatic N) is 3. The Labute approximate surface area is 159 Å². The molecule has 9 nitrogen and oxygen atoms in total. The lowest BCUT2D eigenvalue weighted by atomic mass is 10.1. The van der Waals surface area contributed by atoms with Gasteiger partial charge in [-0.1, -0.05) is 12.1 Å². The number of carboxylic acid groups (broad SMARTS) is 1. The van der Waals surface area contributed by atoms with E-state index in [9.17, 15) is 14.7 Å². The van der Waals surface area contributed by atoms with Crippen LogP contribution in [0.15, 0.2) is 28.7 Å². The Morgan fingerprint density at radius 2 is 2.11 bits per heavy atom. The minimum absolute atomic E-state index is 0.0938. The third-order valence-corrected chi connectivity index (χ3v) is 5.24. The number of para-hydroxylation sites is 1. The Morgan fingerprint density at radius 1 is 1.32 bits per heavy atom. The van der Waals surface area contributed by atoms with Gasteiger partial charge < -0.3 is 25.1 Å². The van der Waals surface area contributed by atoms with Crippen molar-refractivity contribution < 1.29 is 19.1 Å². The second kappa shape index (κ2) is 6.16. The van der Waals surface area contributed by atoms with Gasteiger partial charge in [0, 0.05) is 30.9 Å². The number of fused-ring (bicyclic) bond motifs is 3. The van der Waals surface area contributed by atoms with Crippen molar-refractivity contribution in [2.45, 2.75) is 31.5 Å². The lowest BCUT2D eigenvalue weighted by Gasteiger charge is -2.22. The van der Waals surface area contributed by atoms with Gasteiger partial charge in [-0.15, -0.1) is 0 Å². The van der Waals surface area contributed by atoms with Crippen molar-refractivity contribution in [2.24, 2.45) is 0 Å². The van der Waals surface area contributed by atoms with Crippen molar-refractivity contribution in [1.82, 2.24) is 20.6 Å². The van der Waals surface area contributed by atoms with Crippen LogP contribution in [0.2, 0.25) is 0 Å².